The highest BCUT2D eigenvalue weighted by molar-refractivity contribution is 7.89. The van der Waals surface area contributed by atoms with Gasteiger partial charge in [-0.1, -0.05) is 56.3 Å². The molecule has 2 unspecified atom stereocenters. The fourth-order valence-electron chi connectivity index (χ4n) is 4.00. The average molecular weight is 425 g/mol. The van der Waals surface area contributed by atoms with Crippen LogP contribution in [0.1, 0.15) is 36.8 Å². The average Bonchev–Trinajstić information content (AvgIpc) is 3.36. The monoisotopic (exact) mass is 424 g/mol. The van der Waals surface area contributed by atoms with Crippen LogP contribution < -0.4 is 5.32 Å². The zero-order valence-electron chi connectivity index (χ0n) is 17.6. The molecule has 1 aliphatic rings. The zero-order valence-corrected chi connectivity index (χ0v) is 18.4. The molecule has 0 aliphatic carbocycles. The van der Waals surface area contributed by atoms with Crippen LogP contribution in [-0.4, -0.2) is 41.4 Å². The summed E-state index contributed by atoms with van der Waals surface area (Å²) in [5.74, 6) is 0.480. The van der Waals surface area contributed by atoms with Gasteiger partial charge in [-0.15, -0.1) is 0 Å². The fourth-order valence-corrected chi connectivity index (χ4v) is 5.46. The van der Waals surface area contributed by atoms with Crippen molar-refractivity contribution in [1.82, 2.24) is 13.9 Å². The quantitative estimate of drug-likeness (QED) is 0.653. The number of aromatic nitrogens is 2. The van der Waals surface area contributed by atoms with Crippen LogP contribution in [0.25, 0.3) is 0 Å². The van der Waals surface area contributed by atoms with Crippen LogP contribution in [0.15, 0.2) is 72.1 Å². The molecule has 2 atom stereocenters. The molecule has 0 bridgehead atoms. The van der Waals surface area contributed by atoms with Gasteiger partial charge in [-0.2, -0.15) is 4.31 Å². The number of aryl methyl sites for hydroxylation is 1. The van der Waals surface area contributed by atoms with Gasteiger partial charge < -0.3 is 9.88 Å². The molecule has 1 aliphatic heterocycles. The summed E-state index contributed by atoms with van der Waals surface area (Å²) in [5, 5.41) is 3.71. The SMILES string of the molecule is CC(C)c1cccc(NC2CN(S(=O)(=O)c3cn(C)cn3)CC2c2ccccc2)c1. The molecule has 1 N–H and O–H groups in total. The van der Waals surface area contributed by atoms with E-state index in [-0.39, 0.29) is 17.0 Å². The molecule has 30 heavy (non-hydrogen) atoms. The first kappa shape index (κ1) is 20.6. The molecule has 0 saturated carbocycles. The molecule has 4 rings (SSSR count). The summed E-state index contributed by atoms with van der Waals surface area (Å²) < 4.78 is 29.6. The second-order valence-electron chi connectivity index (χ2n) is 8.25. The summed E-state index contributed by atoms with van der Waals surface area (Å²) in [7, 11) is -1.87. The largest absolute Gasteiger partial charge is 0.380 e. The summed E-state index contributed by atoms with van der Waals surface area (Å²) in [6.45, 7) is 5.15. The molecule has 2 aromatic carbocycles. The summed E-state index contributed by atoms with van der Waals surface area (Å²) >= 11 is 0. The van der Waals surface area contributed by atoms with E-state index in [9.17, 15) is 8.42 Å². The summed E-state index contributed by atoms with van der Waals surface area (Å²) in [4.78, 5) is 4.08. The maximum atomic E-state index is 13.2. The van der Waals surface area contributed by atoms with Gasteiger partial charge in [-0.05, 0) is 29.2 Å². The van der Waals surface area contributed by atoms with E-state index in [4.69, 9.17) is 0 Å². The van der Waals surface area contributed by atoms with Crippen LogP contribution in [-0.2, 0) is 17.1 Å². The van der Waals surface area contributed by atoms with Crippen LogP contribution >= 0.6 is 0 Å². The van der Waals surface area contributed by atoms with E-state index in [1.54, 1.807) is 22.1 Å². The Morgan fingerprint density at radius 1 is 1.07 bits per heavy atom. The van der Waals surface area contributed by atoms with Crippen LogP contribution in [0.3, 0.4) is 0 Å². The highest BCUT2D eigenvalue weighted by Gasteiger charge is 2.40. The van der Waals surface area contributed by atoms with Gasteiger partial charge in [0.2, 0.25) is 0 Å². The van der Waals surface area contributed by atoms with Crippen LogP contribution in [0.2, 0.25) is 0 Å². The Kier molecular flexibility index (Phi) is 5.66. The van der Waals surface area contributed by atoms with Crippen LogP contribution in [0.5, 0.6) is 0 Å². The molecule has 6 nitrogen and oxygen atoms in total. The highest BCUT2D eigenvalue weighted by atomic mass is 32.2. The number of nitrogens with zero attached hydrogens (tertiary/aromatic N) is 3. The van der Waals surface area contributed by atoms with Gasteiger partial charge in [0.15, 0.2) is 5.03 Å². The van der Waals surface area contributed by atoms with Crippen molar-refractivity contribution in [2.45, 2.75) is 36.8 Å². The molecule has 1 saturated heterocycles. The lowest BCUT2D eigenvalue weighted by atomic mass is 9.94. The van der Waals surface area contributed by atoms with E-state index in [1.807, 2.05) is 30.3 Å². The number of imidazole rings is 1. The topological polar surface area (TPSA) is 67.2 Å². The lowest BCUT2D eigenvalue weighted by molar-refractivity contribution is 0.468. The normalized spacial score (nSPS) is 20.0. The Balaban J connectivity index is 1.64. The lowest BCUT2D eigenvalue weighted by Crippen LogP contribution is -2.32. The number of hydrogen-bond acceptors (Lipinski definition) is 4. The van der Waals surface area contributed by atoms with Crippen molar-refractivity contribution in [1.29, 1.82) is 0 Å². The molecular weight excluding hydrogens is 396 g/mol. The number of benzene rings is 2. The van der Waals surface area contributed by atoms with Gasteiger partial charge in [-0.25, -0.2) is 13.4 Å². The van der Waals surface area contributed by atoms with E-state index >= 15 is 0 Å². The molecule has 3 aromatic rings. The number of rotatable bonds is 6. The molecule has 1 aromatic heterocycles. The first-order chi connectivity index (χ1) is 14.3. The Morgan fingerprint density at radius 3 is 2.50 bits per heavy atom. The molecule has 1 fully saturated rings. The van der Waals surface area contributed by atoms with Crippen molar-refractivity contribution in [2.75, 3.05) is 18.4 Å². The second kappa shape index (κ2) is 8.24. The molecule has 0 radical (unpaired) electrons. The van der Waals surface area contributed by atoms with Gasteiger partial charge in [0.1, 0.15) is 0 Å². The van der Waals surface area contributed by atoms with Crippen LogP contribution in [0.4, 0.5) is 5.69 Å². The predicted octanol–water partition coefficient (Wildman–Crippen LogP) is 3.81. The summed E-state index contributed by atoms with van der Waals surface area (Å²) in [5.41, 5.74) is 3.41. The third-order valence-electron chi connectivity index (χ3n) is 5.70. The Bertz CT molecular complexity index is 1110. The van der Waals surface area contributed by atoms with Gasteiger partial charge in [0.05, 0.1) is 6.33 Å². The molecule has 7 heteroatoms. The highest BCUT2D eigenvalue weighted by Crippen LogP contribution is 2.33. The fraction of sp³-hybridized carbons (Fsp3) is 0.348. The molecular formula is C23H28N4O2S. The lowest BCUT2D eigenvalue weighted by Gasteiger charge is -2.22. The van der Waals surface area contributed by atoms with E-state index in [1.165, 1.54) is 11.9 Å². The summed E-state index contributed by atoms with van der Waals surface area (Å²) in [6.07, 6.45) is 3.07. The van der Waals surface area contributed by atoms with Crippen LogP contribution in [0, 0.1) is 0 Å². The number of sulfonamides is 1. The van der Waals surface area contributed by atoms with Gasteiger partial charge >= 0.3 is 0 Å². The van der Waals surface area contributed by atoms with Crippen molar-refractivity contribution >= 4 is 15.7 Å². The van der Waals surface area contributed by atoms with Crippen molar-refractivity contribution in [3.63, 3.8) is 0 Å². The molecule has 2 heterocycles. The standard InChI is InChI=1S/C23H28N4O2S/c1-17(2)19-10-7-11-20(12-19)25-22-14-27(13-21(22)18-8-5-4-6-9-18)30(28,29)23-15-26(3)16-24-23/h4-12,15-17,21-22,25H,13-14H2,1-3H3. The minimum Gasteiger partial charge on any atom is -0.380 e. The Morgan fingerprint density at radius 2 is 1.83 bits per heavy atom. The molecule has 158 valence electrons. The van der Waals surface area contributed by atoms with Gasteiger partial charge in [-0.3, -0.25) is 0 Å². The third-order valence-corrected chi connectivity index (χ3v) is 7.42. The number of hydrogen-bond donors (Lipinski definition) is 1. The van der Waals surface area contributed by atoms with E-state index in [0.717, 1.165) is 11.3 Å². The first-order valence-electron chi connectivity index (χ1n) is 10.2. The summed E-state index contributed by atoms with van der Waals surface area (Å²) in [6, 6.07) is 18.5. The number of nitrogens with one attached hydrogen (secondary N) is 1. The predicted molar refractivity (Wildman–Crippen MR) is 119 cm³/mol. The van der Waals surface area contributed by atoms with Crippen molar-refractivity contribution in [3.8, 4) is 0 Å². The zero-order chi connectivity index (χ0) is 21.3. The minimum atomic E-state index is -3.64. The molecule has 0 amide bonds. The Labute approximate surface area is 178 Å². The molecule has 0 spiro atoms. The van der Waals surface area contributed by atoms with E-state index in [0.29, 0.717) is 19.0 Å². The number of anilines is 1. The van der Waals surface area contributed by atoms with E-state index < -0.39 is 10.0 Å². The third kappa shape index (κ3) is 4.13. The maximum absolute atomic E-state index is 13.2. The van der Waals surface area contributed by atoms with Crippen molar-refractivity contribution in [3.05, 3.63) is 78.2 Å². The smallest absolute Gasteiger partial charge is 0.262 e. The second-order valence-corrected chi connectivity index (χ2v) is 10.1. The van der Waals surface area contributed by atoms with Crippen molar-refractivity contribution in [2.24, 2.45) is 7.05 Å². The Hall–Kier alpha value is -2.64. The van der Waals surface area contributed by atoms with Gasteiger partial charge in [0.25, 0.3) is 10.0 Å². The van der Waals surface area contributed by atoms with Gasteiger partial charge in [0, 0.05) is 44.0 Å². The minimum absolute atomic E-state index is 0.0340. The van der Waals surface area contributed by atoms with E-state index in [2.05, 4.69) is 48.4 Å². The maximum Gasteiger partial charge on any atom is 0.262 e. The first-order valence-corrected chi connectivity index (χ1v) is 11.7. The van der Waals surface area contributed by atoms with Crippen molar-refractivity contribution < 1.29 is 8.42 Å².